The molecule has 0 saturated heterocycles. The lowest BCUT2D eigenvalue weighted by atomic mass is 10.3. The predicted molar refractivity (Wildman–Crippen MR) is 80.3 cm³/mol. The minimum Gasteiger partial charge on any atom is -0.466 e. The summed E-state index contributed by atoms with van der Waals surface area (Å²) in [4.78, 5) is 17.1. The lowest BCUT2D eigenvalue weighted by molar-refractivity contribution is -0.142. The molecule has 3 rings (SSSR count). The maximum absolute atomic E-state index is 11.6. The number of carbonyl (C=O) groups is 1. The molecule has 0 amide bonds. The van der Waals surface area contributed by atoms with Gasteiger partial charge in [0.05, 0.1) is 24.9 Å². The van der Waals surface area contributed by atoms with Crippen LogP contribution in [0, 0.1) is 0 Å². The van der Waals surface area contributed by atoms with Crippen LogP contribution in [0.2, 0.25) is 0 Å². The third-order valence-electron chi connectivity index (χ3n) is 3.17. The quantitative estimate of drug-likeness (QED) is 0.679. The van der Waals surface area contributed by atoms with Crippen molar-refractivity contribution in [1.29, 1.82) is 0 Å². The first-order chi connectivity index (χ1) is 10.2. The Kier molecular flexibility index (Phi) is 3.74. The van der Waals surface area contributed by atoms with E-state index >= 15 is 0 Å². The molecule has 0 N–H and O–H groups in total. The number of hydrogen-bond donors (Lipinski definition) is 0. The third-order valence-corrected chi connectivity index (χ3v) is 4.06. The predicted octanol–water partition coefficient (Wildman–Crippen LogP) is 2.38. The van der Waals surface area contributed by atoms with E-state index in [2.05, 4.69) is 10.1 Å². The molecule has 0 saturated carbocycles. The zero-order chi connectivity index (χ0) is 14.8. The van der Waals surface area contributed by atoms with Crippen LogP contribution in [0.4, 0.5) is 0 Å². The van der Waals surface area contributed by atoms with Crippen molar-refractivity contribution in [1.82, 2.24) is 19.2 Å². The van der Waals surface area contributed by atoms with Crippen LogP contribution in [0.15, 0.2) is 24.0 Å². The number of nitrogens with zero attached hydrogens (tertiary/aromatic N) is 4. The highest BCUT2D eigenvalue weighted by molar-refractivity contribution is 7.15. The van der Waals surface area contributed by atoms with Gasteiger partial charge in [0, 0.05) is 35.6 Å². The number of imidazole rings is 1. The number of ether oxygens (including phenoxy) is 1. The minimum atomic E-state index is -0.216. The van der Waals surface area contributed by atoms with E-state index in [4.69, 9.17) is 4.74 Å². The zero-order valence-electron chi connectivity index (χ0n) is 11.9. The Morgan fingerprint density at radius 2 is 2.24 bits per heavy atom. The molecule has 7 heteroatoms. The van der Waals surface area contributed by atoms with Crippen molar-refractivity contribution in [3.05, 3.63) is 29.7 Å². The van der Waals surface area contributed by atoms with Gasteiger partial charge in [-0.15, -0.1) is 11.3 Å². The highest BCUT2D eigenvalue weighted by Gasteiger charge is 2.13. The second-order valence-electron chi connectivity index (χ2n) is 4.57. The molecule has 21 heavy (non-hydrogen) atoms. The first-order valence-electron chi connectivity index (χ1n) is 6.85. The van der Waals surface area contributed by atoms with Crippen molar-refractivity contribution in [3.63, 3.8) is 0 Å². The lowest BCUT2D eigenvalue weighted by Crippen LogP contribution is -2.08. The Bertz CT molecular complexity index is 771. The summed E-state index contributed by atoms with van der Waals surface area (Å²) >= 11 is 1.52. The molecule has 3 aromatic heterocycles. The number of carbonyl (C=O) groups excluding carboxylic acids is 1. The van der Waals surface area contributed by atoms with Gasteiger partial charge in [-0.25, -0.2) is 4.98 Å². The maximum atomic E-state index is 11.6. The summed E-state index contributed by atoms with van der Waals surface area (Å²) in [5.74, 6) is -0.216. The van der Waals surface area contributed by atoms with E-state index in [0.717, 1.165) is 28.5 Å². The van der Waals surface area contributed by atoms with Gasteiger partial charge >= 0.3 is 5.97 Å². The van der Waals surface area contributed by atoms with Crippen LogP contribution < -0.4 is 0 Å². The molecule has 0 aliphatic rings. The summed E-state index contributed by atoms with van der Waals surface area (Å²) in [6, 6.07) is 0. The first kappa shape index (κ1) is 13.8. The fourth-order valence-electron chi connectivity index (χ4n) is 2.12. The van der Waals surface area contributed by atoms with E-state index in [9.17, 15) is 4.79 Å². The molecule has 0 spiro atoms. The summed E-state index contributed by atoms with van der Waals surface area (Å²) in [6.07, 6.45) is 5.98. The van der Waals surface area contributed by atoms with Gasteiger partial charge in [0.1, 0.15) is 0 Å². The van der Waals surface area contributed by atoms with Crippen LogP contribution in [0.1, 0.15) is 19.5 Å². The summed E-state index contributed by atoms with van der Waals surface area (Å²) < 4.78 is 8.80. The highest BCUT2D eigenvalue weighted by Crippen LogP contribution is 2.23. The molecule has 3 aromatic rings. The molecule has 0 aromatic carbocycles. The molecule has 0 radical (unpaired) electrons. The fourth-order valence-corrected chi connectivity index (χ4v) is 3.00. The Labute approximate surface area is 126 Å². The van der Waals surface area contributed by atoms with E-state index in [1.54, 1.807) is 6.20 Å². The van der Waals surface area contributed by atoms with E-state index in [0.29, 0.717) is 6.61 Å². The number of hydrogen-bond acceptors (Lipinski definition) is 5. The van der Waals surface area contributed by atoms with Crippen molar-refractivity contribution in [2.75, 3.05) is 6.61 Å². The van der Waals surface area contributed by atoms with E-state index in [1.165, 1.54) is 11.3 Å². The van der Waals surface area contributed by atoms with Gasteiger partial charge in [0.15, 0.2) is 4.96 Å². The first-order valence-corrected chi connectivity index (χ1v) is 7.73. The number of aromatic nitrogens is 4. The van der Waals surface area contributed by atoms with Crippen molar-refractivity contribution in [2.45, 2.75) is 26.8 Å². The smallest absolute Gasteiger partial charge is 0.311 e. The van der Waals surface area contributed by atoms with Crippen LogP contribution in [-0.4, -0.2) is 31.7 Å². The molecule has 0 fully saturated rings. The molecule has 0 bridgehead atoms. The van der Waals surface area contributed by atoms with Gasteiger partial charge < -0.3 is 4.74 Å². The van der Waals surface area contributed by atoms with Crippen molar-refractivity contribution < 1.29 is 9.53 Å². The average molecular weight is 304 g/mol. The van der Waals surface area contributed by atoms with Crippen molar-refractivity contribution in [3.8, 4) is 11.3 Å². The molecule has 0 aliphatic carbocycles. The Morgan fingerprint density at radius 3 is 2.95 bits per heavy atom. The second-order valence-corrected chi connectivity index (χ2v) is 5.41. The SMILES string of the molecule is CCOC(=O)Cc1csc2nc(-c3cnn(CC)c3)cn12. The lowest BCUT2D eigenvalue weighted by Gasteiger charge is -2.00. The molecule has 0 aliphatic heterocycles. The number of thiazole rings is 1. The third kappa shape index (κ3) is 2.69. The van der Waals surface area contributed by atoms with Gasteiger partial charge in [-0.2, -0.15) is 5.10 Å². The Balaban J connectivity index is 1.90. The highest BCUT2D eigenvalue weighted by atomic mass is 32.1. The van der Waals surface area contributed by atoms with Crippen LogP contribution >= 0.6 is 11.3 Å². The van der Waals surface area contributed by atoms with Gasteiger partial charge in [-0.1, -0.05) is 0 Å². The topological polar surface area (TPSA) is 61.4 Å². The molecule has 0 atom stereocenters. The Morgan fingerprint density at radius 1 is 1.38 bits per heavy atom. The van der Waals surface area contributed by atoms with Gasteiger partial charge in [0.25, 0.3) is 0 Å². The van der Waals surface area contributed by atoms with Crippen LogP contribution in [-0.2, 0) is 22.5 Å². The molecule has 3 heterocycles. The molecular weight excluding hydrogens is 288 g/mol. The molecular formula is C14H16N4O2S. The van der Waals surface area contributed by atoms with Crippen molar-refractivity contribution >= 4 is 22.3 Å². The van der Waals surface area contributed by atoms with Gasteiger partial charge in [-0.3, -0.25) is 13.9 Å². The second kappa shape index (κ2) is 5.69. The number of rotatable bonds is 5. The standard InChI is InChI=1S/C14H16N4O2S/c1-3-17-7-10(6-15-17)12-8-18-11(5-13(19)20-4-2)9-21-14(18)16-12/h6-9H,3-5H2,1-2H3. The Hall–Kier alpha value is -2.15. The summed E-state index contributed by atoms with van der Waals surface area (Å²) in [6.45, 7) is 5.08. The maximum Gasteiger partial charge on any atom is 0.311 e. The minimum absolute atomic E-state index is 0.216. The van der Waals surface area contributed by atoms with Gasteiger partial charge in [0.2, 0.25) is 0 Å². The molecule has 110 valence electrons. The molecule has 6 nitrogen and oxygen atoms in total. The van der Waals surface area contributed by atoms with E-state index < -0.39 is 0 Å². The van der Waals surface area contributed by atoms with Crippen LogP contribution in [0.3, 0.4) is 0 Å². The summed E-state index contributed by atoms with van der Waals surface area (Å²) in [5.41, 5.74) is 2.75. The number of aryl methyl sites for hydroxylation is 1. The van der Waals surface area contributed by atoms with E-state index in [1.807, 2.05) is 40.7 Å². The summed E-state index contributed by atoms with van der Waals surface area (Å²) in [7, 11) is 0. The van der Waals surface area contributed by atoms with E-state index in [-0.39, 0.29) is 12.4 Å². The van der Waals surface area contributed by atoms with Crippen LogP contribution in [0.25, 0.3) is 16.2 Å². The fraction of sp³-hybridized carbons (Fsp3) is 0.357. The largest absolute Gasteiger partial charge is 0.466 e. The van der Waals surface area contributed by atoms with Gasteiger partial charge in [-0.05, 0) is 13.8 Å². The zero-order valence-corrected chi connectivity index (χ0v) is 12.8. The molecule has 0 unspecified atom stereocenters. The number of fused-ring (bicyclic) bond motifs is 1. The average Bonchev–Trinajstić information content (AvgIpc) is 3.14. The normalized spacial score (nSPS) is 11.1. The summed E-state index contributed by atoms with van der Waals surface area (Å²) in [5, 5.41) is 6.20. The number of esters is 1. The van der Waals surface area contributed by atoms with Crippen LogP contribution in [0.5, 0.6) is 0 Å². The monoisotopic (exact) mass is 304 g/mol. The van der Waals surface area contributed by atoms with Crippen molar-refractivity contribution in [2.24, 2.45) is 0 Å².